The number of carbonyl (C=O) groups excluding carboxylic acids is 1. The Bertz CT molecular complexity index is 245. The summed E-state index contributed by atoms with van der Waals surface area (Å²) in [6.45, 7) is 7.98. The lowest BCUT2D eigenvalue weighted by Crippen LogP contribution is -2.53. The van der Waals surface area contributed by atoms with Crippen LogP contribution >= 0.6 is 0 Å². The van der Waals surface area contributed by atoms with E-state index in [1.807, 2.05) is 0 Å². The average Bonchev–Trinajstić information content (AvgIpc) is 1.94. The van der Waals surface area contributed by atoms with Gasteiger partial charge in [0.25, 0.3) is 5.91 Å². The van der Waals surface area contributed by atoms with Gasteiger partial charge in [-0.25, -0.2) is 0 Å². The van der Waals surface area contributed by atoms with E-state index in [1.165, 1.54) is 0 Å². The normalized spacial score (nSPS) is 23.2. The molecule has 2 N–H and O–H groups in total. The molecule has 0 fully saturated rings. The molecule has 0 aliphatic carbocycles. The quantitative estimate of drug-likeness (QED) is 0.647. The van der Waals surface area contributed by atoms with Crippen LogP contribution in [0.4, 0.5) is 0 Å². The monoisotopic (exact) mass is 200 g/mol. The van der Waals surface area contributed by atoms with Crippen molar-refractivity contribution < 1.29 is 9.22 Å². The Morgan fingerprint density at radius 3 is 2.54 bits per heavy atom. The Hall–Kier alpha value is -0.813. The highest BCUT2D eigenvalue weighted by atomic mass is 28.4. The molecule has 0 aromatic carbocycles. The van der Waals surface area contributed by atoms with Gasteiger partial charge in [0.2, 0.25) is 0 Å². The molecule has 0 saturated heterocycles. The van der Waals surface area contributed by atoms with Crippen molar-refractivity contribution in [3.05, 3.63) is 11.8 Å². The van der Waals surface area contributed by atoms with E-state index >= 15 is 0 Å². The predicted octanol–water partition coefficient (Wildman–Crippen LogP) is 0.745. The summed E-state index contributed by atoms with van der Waals surface area (Å²) in [6, 6.07) is 0. The maximum absolute atomic E-state index is 11.2. The van der Waals surface area contributed by atoms with Crippen molar-refractivity contribution in [1.29, 1.82) is 0 Å². The Balaban J connectivity index is 2.54. The first-order chi connectivity index (χ1) is 5.88. The van der Waals surface area contributed by atoms with Gasteiger partial charge in [0.05, 0.1) is 0 Å². The fraction of sp³-hybridized carbons (Fsp3) is 0.625. The maximum atomic E-state index is 11.2. The van der Waals surface area contributed by atoms with Crippen LogP contribution in [-0.2, 0) is 9.22 Å². The van der Waals surface area contributed by atoms with Crippen molar-refractivity contribution in [1.82, 2.24) is 10.6 Å². The molecule has 13 heavy (non-hydrogen) atoms. The molecule has 1 unspecified atom stereocenters. The predicted molar refractivity (Wildman–Crippen MR) is 53.3 cm³/mol. The van der Waals surface area contributed by atoms with E-state index in [4.69, 9.17) is 4.43 Å². The van der Waals surface area contributed by atoms with Crippen molar-refractivity contribution >= 4 is 14.2 Å². The van der Waals surface area contributed by atoms with E-state index in [0.29, 0.717) is 5.57 Å². The number of hydrogen-bond donors (Lipinski definition) is 2. The van der Waals surface area contributed by atoms with Crippen molar-refractivity contribution in [2.24, 2.45) is 0 Å². The molecule has 5 heteroatoms. The second-order valence-corrected chi connectivity index (χ2v) is 8.54. The number of hydrogen-bond acceptors (Lipinski definition) is 3. The lowest BCUT2D eigenvalue weighted by Gasteiger charge is -2.29. The summed E-state index contributed by atoms with van der Waals surface area (Å²) >= 11 is 0. The van der Waals surface area contributed by atoms with Crippen LogP contribution in [0, 0.1) is 0 Å². The van der Waals surface area contributed by atoms with Gasteiger partial charge in [0.1, 0.15) is 0 Å². The maximum Gasteiger partial charge on any atom is 0.251 e. The first-order valence-corrected chi connectivity index (χ1v) is 7.71. The Kier molecular flexibility index (Phi) is 2.77. The van der Waals surface area contributed by atoms with Crippen molar-refractivity contribution in [3.63, 3.8) is 0 Å². The zero-order chi connectivity index (χ0) is 10.1. The summed E-state index contributed by atoms with van der Waals surface area (Å²) in [6.07, 6.45) is 1.33. The SMILES string of the molecule is CC1=CNC(O[Si](C)(C)C)NC1=O. The summed E-state index contributed by atoms with van der Waals surface area (Å²) in [7, 11) is -1.60. The summed E-state index contributed by atoms with van der Waals surface area (Å²) < 4.78 is 5.65. The largest absolute Gasteiger partial charge is 0.382 e. The average molecular weight is 200 g/mol. The second-order valence-electron chi connectivity index (χ2n) is 4.08. The summed E-state index contributed by atoms with van der Waals surface area (Å²) in [5, 5.41) is 5.69. The molecule has 1 heterocycles. The zero-order valence-corrected chi connectivity index (χ0v) is 9.47. The van der Waals surface area contributed by atoms with Crippen LogP contribution in [0.25, 0.3) is 0 Å². The lowest BCUT2D eigenvalue weighted by molar-refractivity contribution is -0.121. The topological polar surface area (TPSA) is 50.4 Å². The van der Waals surface area contributed by atoms with E-state index in [0.717, 1.165) is 0 Å². The zero-order valence-electron chi connectivity index (χ0n) is 8.47. The molecule has 74 valence electrons. The number of amides is 1. The van der Waals surface area contributed by atoms with Crippen molar-refractivity contribution in [2.75, 3.05) is 0 Å². The first-order valence-electron chi connectivity index (χ1n) is 4.30. The summed E-state index contributed by atoms with van der Waals surface area (Å²) in [5.41, 5.74) is 0.676. The van der Waals surface area contributed by atoms with Gasteiger partial charge in [0.15, 0.2) is 14.7 Å². The highest BCUT2D eigenvalue weighted by Crippen LogP contribution is 2.07. The third kappa shape index (κ3) is 3.20. The second kappa shape index (κ2) is 3.51. The minimum Gasteiger partial charge on any atom is -0.382 e. The molecule has 1 atom stereocenters. The minimum absolute atomic E-state index is 0.0676. The number of rotatable bonds is 2. The molecule has 0 saturated carbocycles. The first kappa shape index (κ1) is 10.3. The summed E-state index contributed by atoms with van der Waals surface area (Å²) in [4.78, 5) is 11.2. The van der Waals surface area contributed by atoms with E-state index in [-0.39, 0.29) is 12.3 Å². The van der Waals surface area contributed by atoms with E-state index in [2.05, 4.69) is 30.3 Å². The molecule has 1 aliphatic rings. The van der Waals surface area contributed by atoms with Crippen LogP contribution in [0.2, 0.25) is 19.6 Å². The van der Waals surface area contributed by atoms with Gasteiger partial charge in [-0.3, -0.25) is 4.79 Å². The molecular formula is C8H16N2O2Si. The van der Waals surface area contributed by atoms with Crippen LogP contribution in [-0.4, -0.2) is 20.6 Å². The fourth-order valence-corrected chi connectivity index (χ4v) is 1.79. The molecular weight excluding hydrogens is 184 g/mol. The Morgan fingerprint density at radius 2 is 2.08 bits per heavy atom. The molecule has 1 amide bonds. The fourth-order valence-electron chi connectivity index (χ4n) is 0.958. The standard InChI is InChI=1S/C8H16N2O2Si/c1-6-5-9-8(10-7(6)11)12-13(2,3)4/h5,8-9H,1-4H3,(H,10,11). The molecule has 0 aromatic rings. The third-order valence-electron chi connectivity index (χ3n) is 1.54. The van der Waals surface area contributed by atoms with Crippen molar-refractivity contribution in [3.8, 4) is 0 Å². The summed E-state index contributed by atoms with van der Waals surface area (Å²) in [5.74, 6) is -0.0676. The van der Waals surface area contributed by atoms with Crippen LogP contribution in [0.1, 0.15) is 6.92 Å². The molecule has 0 radical (unpaired) electrons. The number of nitrogens with one attached hydrogen (secondary N) is 2. The number of carbonyl (C=O) groups is 1. The molecule has 0 spiro atoms. The minimum atomic E-state index is -1.60. The van der Waals surface area contributed by atoms with Gasteiger partial charge in [-0.2, -0.15) is 0 Å². The molecule has 1 aliphatic heterocycles. The smallest absolute Gasteiger partial charge is 0.251 e. The lowest BCUT2D eigenvalue weighted by atomic mass is 10.3. The molecule has 1 rings (SSSR count). The molecule has 4 nitrogen and oxygen atoms in total. The Labute approximate surface area is 79.5 Å². The molecule has 0 aromatic heterocycles. The third-order valence-corrected chi connectivity index (χ3v) is 2.49. The van der Waals surface area contributed by atoms with Gasteiger partial charge < -0.3 is 15.1 Å². The van der Waals surface area contributed by atoms with Crippen LogP contribution in [0.3, 0.4) is 0 Å². The van der Waals surface area contributed by atoms with Crippen LogP contribution < -0.4 is 10.6 Å². The highest BCUT2D eigenvalue weighted by molar-refractivity contribution is 6.69. The van der Waals surface area contributed by atoms with Crippen molar-refractivity contribution in [2.45, 2.75) is 32.9 Å². The van der Waals surface area contributed by atoms with Crippen LogP contribution in [0.5, 0.6) is 0 Å². The molecule has 0 bridgehead atoms. The van der Waals surface area contributed by atoms with Gasteiger partial charge >= 0.3 is 0 Å². The van der Waals surface area contributed by atoms with Gasteiger partial charge in [-0.05, 0) is 26.6 Å². The van der Waals surface area contributed by atoms with Gasteiger partial charge in [0, 0.05) is 11.8 Å². The van der Waals surface area contributed by atoms with Gasteiger partial charge in [-0.15, -0.1) is 0 Å². The highest BCUT2D eigenvalue weighted by Gasteiger charge is 2.24. The van der Waals surface area contributed by atoms with Gasteiger partial charge in [-0.1, -0.05) is 0 Å². The Morgan fingerprint density at radius 1 is 1.46 bits per heavy atom. The van der Waals surface area contributed by atoms with E-state index < -0.39 is 8.32 Å². The van der Waals surface area contributed by atoms with E-state index in [1.54, 1.807) is 13.1 Å². The van der Waals surface area contributed by atoms with Crippen LogP contribution in [0.15, 0.2) is 11.8 Å². The van der Waals surface area contributed by atoms with E-state index in [9.17, 15) is 4.79 Å².